The van der Waals surface area contributed by atoms with Crippen molar-refractivity contribution >= 4 is 34.1 Å². The van der Waals surface area contributed by atoms with Gasteiger partial charge in [-0.2, -0.15) is 0 Å². The van der Waals surface area contributed by atoms with Gasteiger partial charge in [0.2, 0.25) is 0 Å². The fourth-order valence-corrected chi connectivity index (χ4v) is 2.13. The van der Waals surface area contributed by atoms with Crippen molar-refractivity contribution in [1.29, 1.82) is 0 Å². The molecule has 94 valence electrons. The molecule has 17 heavy (non-hydrogen) atoms. The third kappa shape index (κ3) is 4.36. The molecule has 6 heteroatoms. The van der Waals surface area contributed by atoms with Crippen molar-refractivity contribution < 1.29 is 14.1 Å². The fourth-order valence-electron chi connectivity index (χ4n) is 1.25. The van der Waals surface area contributed by atoms with E-state index in [1.54, 1.807) is 12.1 Å². The number of aromatic carboxylic acids is 1. The highest BCUT2D eigenvalue weighted by Gasteiger charge is 2.08. The number of nitrogens with one attached hydrogen (secondary N) is 1. The molecule has 0 bridgehead atoms. The summed E-state index contributed by atoms with van der Waals surface area (Å²) in [7, 11) is -0.807. The highest BCUT2D eigenvalue weighted by Crippen LogP contribution is 2.20. The van der Waals surface area contributed by atoms with Crippen LogP contribution in [0.25, 0.3) is 0 Å². The van der Waals surface area contributed by atoms with E-state index in [4.69, 9.17) is 16.7 Å². The number of benzene rings is 1. The summed E-state index contributed by atoms with van der Waals surface area (Å²) >= 11 is 5.81. The van der Waals surface area contributed by atoms with Gasteiger partial charge in [0.1, 0.15) is 0 Å². The molecule has 2 N–H and O–H groups in total. The molecule has 0 radical (unpaired) electrons. The Morgan fingerprint density at radius 1 is 1.53 bits per heavy atom. The number of hydrogen-bond donors (Lipinski definition) is 2. The molecule has 0 fully saturated rings. The SMILES string of the molecule is CCS(=O)CCNc1ccc(C(=O)O)c(Cl)c1. The largest absolute Gasteiger partial charge is 0.478 e. The molecule has 0 aliphatic rings. The van der Waals surface area contributed by atoms with Crippen molar-refractivity contribution in [3.63, 3.8) is 0 Å². The maximum atomic E-state index is 11.2. The van der Waals surface area contributed by atoms with E-state index < -0.39 is 16.8 Å². The first kappa shape index (κ1) is 14.0. The molecule has 1 atom stereocenters. The Bertz CT molecular complexity index is 437. The summed E-state index contributed by atoms with van der Waals surface area (Å²) in [6, 6.07) is 4.65. The molecule has 0 aromatic heterocycles. The second-order valence-electron chi connectivity index (χ2n) is 3.36. The molecule has 0 heterocycles. The second-order valence-corrected chi connectivity index (χ2v) is 5.63. The van der Waals surface area contributed by atoms with Crippen LogP contribution in [0.15, 0.2) is 18.2 Å². The molecular formula is C11H14ClNO3S. The van der Waals surface area contributed by atoms with Gasteiger partial charge >= 0.3 is 5.97 Å². The zero-order valence-electron chi connectivity index (χ0n) is 9.40. The van der Waals surface area contributed by atoms with Gasteiger partial charge < -0.3 is 10.4 Å². The summed E-state index contributed by atoms with van der Waals surface area (Å²) < 4.78 is 11.2. The summed E-state index contributed by atoms with van der Waals surface area (Å²) in [6.45, 7) is 2.44. The quantitative estimate of drug-likeness (QED) is 0.835. The molecule has 1 aromatic carbocycles. The molecule has 0 saturated heterocycles. The monoisotopic (exact) mass is 275 g/mol. The number of hydrogen-bond acceptors (Lipinski definition) is 3. The van der Waals surface area contributed by atoms with Crippen molar-refractivity contribution in [3.05, 3.63) is 28.8 Å². The van der Waals surface area contributed by atoms with Crippen molar-refractivity contribution in [3.8, 4) is 0 Å². The molecule has 1 unspecified atom stereocenters. The normalized spacial score (nSPS) is 12.1. The number of carboxylic acids is 1. The molecule has 0 aliphatic heterocycles. The molecule has 0 spiro atoms. The summed E-state index contributed by atoms with van der Waals surface area (Å²) in [5.41, 5.74) is 0.808. The number of carbonyl (C=O) groups is 1. The number of carboxylic acid groups (broad SMARTS) is 1. The smallest absolute Gasteiger partial charge is 0.337 e. The predicted molar refractivity (Wildman–Crippen MR) is 70.5 cm³/mol. The van der Waals surface area contributed by atoms with Crippen molar-refractivity contribution in [2.24, 2.45) is 0 Å². The Morgan fingerprint density at radius 2 is 2.24 bits per heavy atom. The molecule has 4 nitrogen and oxygen atoms in total. The van der Waals surface area contributed by atoms with Gasteiger partial charge in [-0.05, 0) is 18.2 Å². The third-order valence-electron chi connectivity index (χ3n) is 2.18. The Morgan fingerprint density at radius 3 is 2.76 bits per heavy atom. The number of halogens is 1. The molecule has 1 rings (SSSR count). The van der Waals surface area contributed by atoms with E-state index in [0.29, 0.717) is 18.1 Å². The van der Waals surface area contributed by atoms with Gasteiger partial charge in [0, 0.05) is 34.5 Å². The zero-order valence-corrected chi connectivity index (χ0v) is 11.0. The van der Waals surface area contributed by atoms with E-state index >= 15 is 0 Å². The first-order valence-electron chi connectivity index (χ1n) is 5.16. The van der Waals surface area contributed by atoms with Crippen LogP contribution >= 0.6 is 11.6 Å². The lowest BCUT2D eigenvalue weighted by Crippen LogP contribution is -2.12. The van der Waals surface area contributed by atoms with E-state index in [-0.39, 0.29) is 10.6 Å². The van der Waals surface area contributed by atoms with E-state index in [9.17, 15) is 9.00 Å². The van der Waals surface area contributed by atoms with Crippen LogP contribution in [-0.4, -0.2) is 33.3 Å². The third-order valence-corrected chi connectivity index (χ3v) is 3.80. The lowest BCUT2D eigenvalue weighted by Gasteiger charge is -2.07. The summed E-state index contributed by atoms with van der Waals surface area (Å²) in [5, 5.41) is 12.0. The van der Waals surface area contributed by atoms with Crippen LogP contribution in [-0.2, 0) is 10.8 Å². The van der Waals surface area contributed by atoms with Gasteiger partial charge in [-0.25, -0.2) is 4.79 Å². The van der Waals surface area contributed by atoms with E-state index in [2.05, 4.69) is 5.32 Å². The van der Waals surface area contributed by atoms with Crippen LogP contribution in [0.3, 0.4) is 0 Å². The van der Waals surface area contributed by atoms with Crippen LogP contribution in [0.5, 0.6) is 0 Å². The Kier molecular flexibility index (Phi) is 5.44. The topological polar surface area (TPSA) is 66.4 Å². The predicted octanol–water partition coefficient (Wildman–Crippen LogP) is 2.22. The van der Waals surface area contributed by atoms with Gasteiger partial charge in [-0.15, -0.1) is 0 Å². The Labute approximate surface area is 107 Å². The minimum absolute atomic E-state index is 0.0781. The Hall–Kier alpha value is -1.07. The van der Waals surface area contributed by atoms with E-state index in [1.165, 1.54) is 6.07 Å². The highest BCUT2D eigenvalue weighted by molar-refractivity contribution is 7.84. The van der Waals surface area contributed by atoms with Crippen LogP contribution in [0.1, 0.15) is 17.3 Å². The lowest BCUT2D eigenvalue weighted by atomic mass is 10.2. The second kappa shape index (κ2) is 6.61. The Balaban J connectivity index is 2.59. The summed E-state index contributed by atoms with van der Waals surface area (Å²) in [6.07, 6.45) is 0. The summed E-state index contributed by atoms with van der Waals surface area (Å²) in [4.78, 5) is 10.7. The first-order valence-corrected chi connectivity index (χ1v) is 7.03. The maximum absolute atomic E-state index is 11.2. The minimum Gasteiger partial charge on any atom is -0.478 e. The molecule has 0 saturated carbocycles. The zero-order chi connectivity index (χ0) is 12.8. The number of rotatable bonds is 6. The van der Waals surface area contributed by atoms with Crippen LogP contribution in [0.2, 0.25) is 5.02 Å². The van der Waals surface area contributed by atoms with Gasteiger partial charge in [0.05, 0.1) is 10.6 Å². The van der Waals surface area contributed by atoms with E-state index in [0.717, 1.165) is 5.69 Å². The fraction of sp³-hybridized carbons (Fsp3) is 0.364. The summed E-state index contributed by atoms with van der Waals surface area (Å²) in [5.74, 6) is 0.156. The van der Waals surface area contributed by atoms with Gasteiger partial charge in [0.25, 0.3) is 0 Å². The number of anilines is 1. The average molecular weight is 276 g/mol. The van der Waals surface area contributed by atoms with Crippen LogP contribution < -0.4 is 5.32 Å². The minimum atomic E-state index is -1.05. The van der Waals surface area contributed by atoms with Crippen molar-refractivity contribution in [1.82, 2.24) is 0 Å². The standard InChI is InChI=1S/C11H14ClNO3S/c1-2-17(16)6-5-13-8-3-4-9(11(14)15)10(12)7-8/h3-4,7,13H,2,5-6H2,1H3,(H,14,15). The van der Waals surface area contributed by atoms with Gasteiger partial charge in [-0.3, -0.25) is 4.21 Å². The molecular weight excluding hydrogens is 262 g/mol. The van der Waals surface area contributed by atoms with Crippen LogP contribution in [0, 0.1) is 0 Å². The molecule has 1 aromatic rings. The maximum Gasteiger partial charge on any atom is 0.337 e. The van der Waals surface area contributed by atoms with Crippen molar-refractivity contribution in [2.75, 3.05) is 23.4 Å². The van der Waals surface area contributed by atoms with Crippen LogP contribution in [0.4, 0.5) is 5.69 Å². The average Bonchev–Trinajstić information content (AvgIpc) is 2.28. The van der Waals surface area contributed by atoms with E-state index in [1.807, 2.05) is 6.92 Å². The van der Waals surface area contributed by atoms with Gasteiger partial charge in [-0.1, -0.05) is 18.5 Å². The van der Waals surface area contributed by atoms with Crippen molar-refractivity contribution in [2.45, 2.75) is 6.92 Å². The van der Waals surface area contributed by atoms with Gasteiger partial charge in [0.15, 0.2) is 0 Å². The molecule has 0 aliphatic carbocycles. The highest BCUT2D eigenvalue weighted by atomic mass is 35.5. The lowest BCUT2D eigenvalue weighted by molar-refractivity contribution is 0.0697. The molecule has 0 amide bonds. The first-order chi connectivity index (χ1) is 8.04.